The monoisotopic (exact) mass is 1210 g/mol. The van der Waals surface area contributed by atoms with Gasteiger partial charge < -0.3 is 51.7 Å². The minimum Gasteiger partial charge on any atom is -1.00 e. The first-order valence-electron chi connectivity index (χ1n) is 26.2. The minimum absolute atomic E-state index is 0. The summed E-state index contributed by atoms with van der Waals surface area (Å²) in [5.74, 6) is -5.67. The van der Waals surface area contributed by atoms with Crippen molar-refractivity contribution in [2.24, 2.45) is 0 Å². The van der Waals surface area contributed by atoms with Crippen molar-refractivity contribution in [1.29, 1.82) is 0 Å². The maximum atomic E-state index is 13.5. The molecule has 1 amide bonds. The molecular weight excluding hydrogens is 1150 g/mol. The Morgan fingerprint density at radius 3 is 1.57 bits per heavy atom. The largest absolute Gasteiger partial charge is 2.00 e. The maximum absolute atomic E-state index is 13.5. The Bertz CT molecular complexity index is 3810. The molecule has 0 radical (unpaired) electrons. The molecule has 25 heteroatoms. The van der Waals surface area contributed by atoms with Gasteiger partial charge in [-0.25, -0.2) is 45.9 Å². The molecule has 0 saturated heterocycles. The van der Waals surface area contributed by atoms with Gasteiger partial charge in [-0.15, -0.1) is 0 Å². The fraction of sp³-hybridized carbons (Fsp3) is 0.295. The summed E-state index contributed by atoms with van der Waals surface area (Å²) in [6.45, 7) is 14.9. The summed E-state index contributed by atoms with van der Waals surface area (Å²) in [5, 5.41) is 13.3. The summed E-state index contributed by atoms with van der Waals surface area (Å²) >= 11 is 0. The zero-order valence-corrected chi connectivity index (χ0v) is 50.0. The molecule has 19 nitrogen and oxygen atoms in total. The molecular formula is C61H64F5MgN5O14. The molecule has 2 aliphatic heterocycles. The van der Waals surface area contributed by atoms with Gasteiger partial charge in [0.1, 0.15) is 52.1 Å². The Balaban J connectivity index is 0.000000289. The number of carboxylic acids is 1. The number of ether oxygens (including phenoxy) is 6. The molecule has 4 N–H and O–H groups in total. The fourth-order valence-electron chi connectivity index (χ4n) is 8.70. The molecule has 2 atom stereocenters. The van der Waals surface area contributed by atoms with Crippen LogP contribution in [0, 0.1) is 29.1 Å². The third-order valence-electron chi connectivity index (χ3n) is 12.4. The number of halogens is 5. The van der Waals surface area contributed by atoms with Crippen LogP contribution >= 0.6 is 0 Å². The van der Waals surface area contributed by atoms with Gasteiger partial charge in [-0.2, -0.15) is 0 Å². The van der Waals surface area contributed by atoms with Gasteiger partial charge in [0.25, 0.3) is 0 Å². The number of methoxy groups -OCH3 is 2. The van der Waals surface area contributed by atoms with E-state index in [1.165, 1.54) is 117 Å². The number of rotatable bonds is 7. The zero-order chi connectivity index (χ0) is 62.7. The van der Waals surface area contributed by atoms with Crippen LogP contribution < -0.4 is 10.2 Å². The van der Waals surface area contributed by atoms with Gasteiger partial charge in [0.15, 0.2) is 0 Å². The quantitative estimate of drug-likeness (QED) is 0.0501. The number of benzene rings is 5. The number of nitrogens with zero attached hydrogens (tertiary/aromatic N) is 2. The molecule has 8 aromatic rings. The van der Waals surface area contributed by atoms with Crippen molar-refractivity contribution in [2.75, 3.05) is 50.7 Å². The molecule has 2 unspecified atom stereocenters. The van der Waals surface area contributed by atoms with Gasteiger partial charge >= 0.3 is 65.1 Å². The van der Waals surface area contributed by atoms with Gasteiger partial charge in [0.05, 0.1) is 55.3 Å². The number of aromatic amines is 2. The average Bonchev–Trinajstić information content (AvgIpc) is 2.17. The Labute approximate surface area is 509 Å². The normalized spacial score (nSPS) is 13.6. The molecule has 2 aliphatic rings. The van der Waals surface area contributed by atoms with Gasteiger partial charge in [0, 0.05) is 64.6 Å². The molecule has 0 spiro atoms. The van der Waals surface area contributed by atoms with Crippen molar-refractivity contribution < 1.29 is 91.9 Å². The number of aromatic nitrogens is 3. The van der Waals surface area contributed by atoms with Crippen LogP contribution in [0.25, 0.3) is 32.7 Å². The third-order valence-corrected chi connectivity index (χ3v) is 12.4. The van der Waals surface area contributed by atoms with Gasteiger partial charge in [-0.3, -0.25) is 19.1 Å². The maximum Gasteiger partial charge on any atom is 2.00 e. The van der Waals surface area contributed by atoms with E-state index in [0.29, 0.717) is 62.8 Å². The molecule has 0 bridgehead atoms. The first kappa shape index (κ1) is 67.8. The van der Waals surface area contributed by atoms with E-state index in [1.54, 1.807) is 67.5 Å². The van der Waals surface area contributed by atoms with Crippen LogP contribution in [0.4, 0.5) is 42.9 Å². The van der Waals surface area contributed by atoms with Crippen LogP contribution in [-0.4, -0.2) is 136 Å². The number of hydrogen-bond acceptors (Lipinski definition) is 14. The van der Waals surface area contributed by atoms with Crippen LogP contribution in [0.5, 0.6) is 0 Å². The average molecular weight is 1210 g/mol. The number of anilines is 2. The SMILES string of the molecule is CCOC(=O)c1c[nH]c2cc(F)ccc12.CCOC(=O)c1cn(C(=O)OC(C)(C)C)c2cc(F)ccc12.COC(=O)C1CN(C(=O)OC(C)(C)C)c2cc(F)ccc21.COC(=O)C1CNc2cc(F)ccc21.O=C(O)c1c[nH]c2cc(F)ccc12.[H-].[H-].[Mg+2]. The predicted molar refractivity (Wildman–Crippen MR) is 311 cm³/mol. The Morgan fingerprint density at radius 2 is 1.03 bits per heavy atom. The summed E-state index contributed by atoms with van der Waals surface area (Å²) < 4.78 is 96.2. The van der Waals surface area contributed by atoms with E-state index in [-0.39, 0.29) is 85.0 Å². The molecule has 0 fully saturated rings. The van der Waals surface area contributed by atoms with E-state index >= 15 is 0 Å². The fourth-order valence-corrected chi connectivity index (χ4v) is 8.70. The molecule has 86 heavy (non-hydrogen) atoms. The first-order chi connectivity index (χ1) is 40.1. The standard InChI is InChI=1S/C16H18FNO4.C15H18FNO4.C11H10FNO2.C10H10FNO2.C9H6FNO2.Mg.2H/c1-5-21-14(19)12-9-18(15(20)22-16(2,3)4)13-8-10(17)6-7-11(12)13;1-15(2,3)21-14(19)17-8-11(13(18)20-4)10-6-5-9(16)7-12(10)17;1-2-15-11(14)9-6-13-10-5-7(12)3-4-8(9)10;1-14-10(13)8-5-12-9-4-6(11)2-3-7(8)9;10-5-1-2-6-7(9(12)13)4-11-8(6)3-5;;;/h6-9H,5H2,1-4H3;5-7,11H,8H2,1-4H3;3-6,13H,2H2,1H3;2-4,8,12H,5H2,1H3;1-4,11H,(H,12,13);;;/q;;;;;+2;2*-1. The van der Waals surface area contributed by atoms with E-state index in [1.807, 2.05) is 0 Å². The van der Waals surface area contributed by atoms with Crippen LogP contribution in [0.15, 0.2) is 110 Å². The van der Waals surface area contributed by atoms with Crippen LogP contribution in [0.2, 0.25) is 0 Å². The topological polar surface area (TPSA) is 247 Å². The van der Waals surface area contributed by atoms with Gasteiger partial charge in [-0.1, -0.05) is 12.1 Å². The van der Waals surface area contributed by atoms with Crippen molar-refractivity contribution in [3.8, 4) is 0 Å². The Morgan fingerprint density at radius 1 is 0.581 bits per heavy atom. The predicted octanol–water partition coefficient (Wildman–Crippen LogP) is 12.4. The van der Waals surface area contributed by atoms with Crippen LogP contribution in [0.3, 0.4) is 0 Å². The summed E-state index contributed by atoms with van der Waals surface area (Å²) in [4.78, 5) is 88.5. The number of aromatic carboxylic acids is 1. The molecule has 3 aromatic heterocycles. The van der Waals surface area contributed by atoms with Crippen molar-refractivity contribution in [3.63, 3.8) is 0 Å². The van der Waals surface area contributed by atoms with Gasteiger partial charge in [0.2, 0.25) is 0 Å². The summed E-state index contributed by atoms with van der Waals surface area (Å²) in [6, 6.07) is 20.4. The van der Waals surface area contributed by atoms with E-state index in [9.17, 15) is 55.5 Å². The minimum atomic E-state index is -1.02. The number of esters is 4. The van der Waals surface area contributed by atoms with Crippen molar-refractivity contribution in [1.82, 2.24) is 14.5 Å². The number of amides is 1. The Hall–Kier alpha value is -8.97. The number of nitrogens with one attached hydrogen (secondary N) is 3. The summed E-state index contributed by atoms with van der Waals surface area (Å²) in [5.41, 5.74) is 3.17. The molecule has 5 heterocycles. The van der Waals surface area contributed by atoms with Gasteiger partial charge in [-0.05, 0) is 145 Å². The first-order valence-corrected chi connectivity index (χ1v) is 26.2. The van der Waals surface area contributed by atoms with Crippen molar-refractivity contribution in [2.45, 2.75) is 78.4 Å². The molecule has 0 aliphatic carbocycles. The number of H-pyrrole nitrogens is 2. The number of carbonyl (C=O) groups excluding carboxylic acids is 6. The smallest absolute Gasteiger partial charge is 1.00 e. The van der Waals surface area contributed by atoms with Crippen LogP contribution in [0.1, 0.15) is 112 Å². The van der Waals surface area contributed by atoms with Crippen molar-refractivity contribution in [3.05, 3.63) is 166 Å². The Kier molecular flexibility index (Phi) is 23.0. The molecule has 10 rings (SSSR count). The third kappa shape index (κ3) is 17.1. The van der Waals surface area contributed by atoms with Crippen LogP contribution in [-0.2, 0) is 38.0 Å². The number of fused-ring (bicyclic) bond motifs is 5. The zero-order valence-electron chi connectivity index (χ0n) is 50.6. The van der Waals surface area contributed by atoms with E-state index in [4.69, 9.17) is 28.8 Å². The number of carbonyl (C=O) groups is 7. The van der Waals surface area contributed by atoms with E-state index in [2.05, 4.69) is 20.0 Å². The molecule has 5 aromatic carbocycles. The number of carboxylic acid groups (broad SMARTS) is 1. The van der Waals surface area contributed by atoms with E-state index in [0.717, 1.165) is 10.1 Å². The second-order valence-electron chi connectivity index (χ2n) is 20.6. The van der Waals surface area contributed by atoms with Crippen molar-refractivity contribution >= 4 is 109 Å². The molecule has 0 saturated carbocycles. The second kappa shape index (κ2) is 29.2. The summed E-state index contributed by atoms with van der Waals surface area (Å²) in [7, 11) is 2.63. The number of hydrogen-bond donors (Lipinski definition) is 4. The second-order valence-corrected chi connectivity index (χ2v) is 20.6. The molecule has 454 valence electrons. The van der Waals surface area contributed by atoms with E-state index < -0.39 is 64.8 Å². The summed E-state index contributed by atoms with van der Waals surface area (Å²) in [6.07, 6.45) is 2.91.